The zero-order valence-electron chi connectivity index (χ0n) is 14.4. The number of hydrogen-bond donors (Lipinski definition) is 0. The smallest absolute Gasteiger partial charge is 0.338 e. The molecule has 0 unspecified atom stereocenters. The van der Waals surface area contributed by atoms with Crippen LogP contribution in [0, 0.1) is 0 Å². The van der Waals surface area contributed by atoms with E-state index in [4.69, 9.17) is 9.47 Å². The molecule has 0 saturated carbocycles. The number of esters is 1. The minimum atomic E-state index is -3.48. The van der Waals surface area contributed by atoms with Gasteiger partial charge in [-0.05, 0) is 48.9 Å². The van der Waals surface area contributed by atoms with Crippen LogP contribution in [0.3, 0.4) is 0 Å². The average Bonchev–Trinajstić information content (AvgIpc) is 2.60. The van der Waals surface area contributed by atoms with E-state index in [-0.39, 0.29) is 17.5 Å². The van der Waals surface area contributed by atoms with Crippen molar-refractivity contribution in [1.29, 1.82) is 0 Å². The highest BCUT2D eigenvalue weighted by molar-refractivity contribution is 7.89. The first-order chi connectivity index (χ1) is 11.8. The van der Waals surface area contributed by atoms with Crippen molar-refractivity contribution in [2.75, 3.05) is 20.7 Å². The molecule has 7 heteroatoms. The third-order valence-corrected chi connectivity index (χ3v) is 5.26. The average molecular weight is 363 g/mol. The maximum Gasteiger partial charge on any atom is 0.338 e. The van der Waals surface area contributed by atoms with Crippen molar-refractivity contribution < 1.29 is 22.7 Å². The van der Waals surface area contributed by atoms with Crippen LogP contribution in [0.1, 0.15) is 22.8 Å². The van der Waals surface area contributed by atoms with E-state index >= 15 is 0 Å². The van der Waals surface area contributed by atoms with Crippen molar-refractivity contribution in [3.8, 4) is 5.75 Å². The SMILES string of the molecule is CCOC(=O)c1ccc(OCc2cccc(S(=O)(=O)N(C)C)c2)cc1. The number of nitrogens with zero attached hydrogens (tertiary/aromatic N) is 1. The monoisotopic (exact) mass is 363 g/mol. The van der Waals surface area contributed by atoms with Crippen LogP contribution in [-0.2, 0) is 21.4 Å². The second-order valence-corrected chi connectivity index (χ2v) is 7.62. The van der Waals surface area contributed by atoms with Crippen molar-refractivity contribution in [3.63, 3.8) is 0 Å². The highest BCUT2D eigenvalue weighted by atomic mass is 32.2. The van der Waals surface area contributed by atoms with Gasteiger partial charge in [-0.15, -0.1) is 0 Å². The molecule has 0 N–H and O–H groups in total. The molecular formula is C18H21NO5S. The van der Waals surface area contributed by atoms with Crippen LogP contribution in [0.4, 0.5) is 0 Å². The molecule has 134 valence electrons. The molecule has 0 spiro atoms. The Bertz CT molecular complexity index is 829. The Morgan fingerprint density at radius 3 is 2.36 bits per heavy atom. The summed E-state index contributed by atoms with van der Waals surface area (Å²) >= 11 is 0. The molecule has 0 atom stereocenters. The highest BCUT2D eigenvalue weighted by Crippen LogP contribution is 2.18. The van der Waals surface area contributed by atoms with Gasteiger partial charge in [-0.3, -0.25) is 0 Å². The molecule has 0 heterocycles. The lowest BCUT2D eigenvalue weighted by molar-refractivity contribution is 0.0526. The summed E-state index contributed by atoms with van der Waals surface area (Å²) in [5.74, 6) is 0.199. The first-order valence-electron chi connectivity index (χ1n) is 7.76. The first-order valence-corrected chi connectivity index (χ1v) is 9.20. The normalized spacial score (nSPS) is 11.4. The number of rotatable bonds is 7. The van der Waals surface area contributed by atoms with Crippen LogP contribution in [-0.4, -0.2) is 39.4 Å². The first kappa shape index (κ1) is 19.0. The maximum absolute atomic E-state index is 12.2. The van der Waals surface area contributed by atoms with Crippen LogP contribution in [0.25, 0.3) is 0 Å². The standard InChI is InChI=1S/C18H21NO5S/c1-4-23-18(20)15-8-10-16(11-9-15)24-13-14-6-5-7-17(12-14)25(21,22)19(2)3/h5-12H,4,13H2,1-3H3. The number of carbonyl (C=O) groups excluding carboxylic acids is 1. The molecule has 2 aromatic carbocycles. The zero-order chi connectivity index (χ0) is 18.4. The maximum atomic E-state index is 12.2. The molecule has 0 bridgehead atoms. The Morgan fingerprint density at radius 2 is 1.76 bits per heavy atom. The number of ether oxygens (including phenoxy) is 2. The van der Waals surface area contributed by atoms with Gasteiger partial charge in [-0.25, -0.2) is 17.5 Å². The van der Waals surface area contributed by atoms with Gasteiger partial charge in [0.2, 0.25) is 10.0 Å². The summed E-state index contributed by atoms with van der Waals surface area (Å²) in [5, 5.41) is 0. The topological polar surface area (TPSA) is 72.9 Å². The van der Waals surface area contributed by atoms with Crippen molar-refractivity contribution >= 4 is 16.0 Å². The second kappa shape index (κ2) is 8.13. The lowest BCUT2D eigenvalue weighted by atomic mass is 10.2. The van der Waals surface area contributed by atoms with Crippen LogP contribution in [0.5, 0.6) is 5.75 Å². The Balaban J connectivity index is 2.06. The molecule has 0 aliphatic rings. The molecule has 0 fully saturated rings. The van der Waals surface area contributed by atoms with Gasteiger partial charge in [0, 0.05) is 14.1 Å². The fraction of sp³-hybridized carbons (Fsp3) is 0.278. The second-order valence-electron chi connectivity index (χ2n) is 5.47. The molecule has 6 nitrogen and oxygen atoms in total. The fourth-order valence-electron chi connectivity index (χ4n) is 2.07. The molecule has 0 amide bonds. The molecule has 25 heavy (non-hydrogen) atoms. The Hall–Kier alpha value is -2.38. The van der Waals surface area contributed by atoms with Crippen molar-refractivity contribution in [1.82, 2.24) is 4.31 Å². The predicted octanol–water partition coefficient (Wildman–Crippen LogP) is 2.69. The summed E-state index contributed by atoms with van der Waals surface area (Å²) in [4.78, 5) is 11.8. The van der Waals surface area contributed by atoms with Crippen LogP contribution >= 0.6 is 0 Å². The van der Waals surface area contributed by atoms with E-state index in [9.17, 15) is 13.2 Å². The highest BCUT2D eigenvalue weighted by Gasteiger charge is 2.17. The number of sulfonamides is 1. The molecule has 0 radical (unpaired) electrons. The van der Waals surface area contributed by atoms with Crippen molar-refractivity contribution in [2.24, 2.45) is 0 Å². The van der Waals surface area contributed by atoms with Crippen LogP contribution in [0.2, 0.25) is 0 Å². The van der Waals surface area contributed by atoms with Crippen molar-refractivity contribution in [3.05, 3.63) is 59.7 Å². The summed E-state index contributed by atoms with van der Waals surface area (Å²) in [6.45, 7) is 2.29. The van der Waals surface area contributed by atoms with E-state index in [1.807, 2.05) is 0 Å². The molecule has 0 aromatic heterocycles. The molecule has 2 rings (SSSR count). The van der Waals surface area contributed by atoms with Crippen LogP contribution in [0.15, 0.2) is 53.4 Å². The fourth-order valence-corrected chi connectivity index (χ4v) is 3.05. The van der Waals surface area contributed by atoms with Gasteiger partial charge in [-0.1, -0.05) is 12.1 Å². The van der Waals surface area contributed by atoms with E-state index in [0.29, 0.717) is 17.9 Å². The Kier molecular flexibility index (Phi) is 6.17. The van der Waals surface area contributed by atoms with Crippen LogP contribution < -0.4 is 4.74 Å². The molecule has 0 aliphatic carbocycles. The van der Waals surface area contributed by atoms with E-state index in [0.717, 1.165) is 5.56 Å². The van der Waals surface area contributed by atoms with Gasteiger partial charge in [0.25, 0.3) is 0 Å². The zero-order valence-corrected chi connectivity index (χ0v) is 15.2. The Labute approximate surface area is 148 Å². The van der Waals surface area contributed by atoms with Gasteiger partial charge in [0.1, 0.15) is 12.4 Å². The van der Waals surface area contributed by atoms with E-state index in [1.54, 1.807) is 55.5 Å². The lowest BCUT2D eigenvalue weighted by Gasteiger charge is -2.12. The summed E-state index contributed by atoms with van der Waals surface area (Å²) in [6.07, 6.45) is 0. The van der Waals surface area contributed by atoms with E-state index < -0.39 is 10.0 Å². The van der Waals surface area contributed by atoms with Gasteiger partial charge in [0.15, 0.2) is 0 Å². The lowest BCUT2D eigenvalue weighted by Crippen LogP contribution is -2.22. The third kappa shape index (κ3) is 4.80. The summed E-state index contributed by atoms with van der Waals surface area (Å²) in [5.41, 5.74) is 1.19. The summed E-state index contributed by atoms with van der Waals surface area (Å²) in [6, 6.07) is 13.2. The Morgan fingerprint density at radius 1 is 1.08 bits per heavy atom. The molecule has 0 saturated heterocycles. The molecule has 2 aromatic rings. The van der Waals surface area contributed by atoms with Gasteiger partial charge in [-0.2, -0.15) is 0 Å². The summed E-state index contributed by atoms with van der Waals surface area (Å²) < 4.78 is 36.1. The number of carbonyl (C=O) groups is 1. The summed E-state index contributed by atoms with van der Waals surface area (Å²) in [7, 11) is -0.497. The predicted molar refractivity (Wildman–Crippen MR) is 94.0 cm³/mol. The van der Waals surface area contributed by atoms with Gasteiger partial charge >= 0.3 is 5.97 Å². The van der Waals surface area contributed by atoms with Gasteiger partial charge in [0.05, 0.1) is 17.1 Å². The van der Waals surface area contributed by atoms with Gasteiger partial charge < -0.3 is 9.47 Å². The molecule has 0 aliphatic heterocycles. The molecular weight excluding hydrogens is 342 g/mol. The quantitative estimate of drug-likeness (QED) is 0.707. The number of hydrogen-bond acceptors (Lipinski definition) is 5. The largest absolute Gasteiger partial charge is 0.489 e. The van der Waals surface area contributed by atoms with E-state index in [1.165, 1.54) is 18.4 Å². The minimum Gasteiger partial charge on any atom is -0.489 e. The third-order valence-electron chi connectivity index (χ3n) is 3.45. The minimum absolute atomic E-state index is 0.218. The van der Waals surface area contributed by atoms with E-state index in [2.05, 4.69) is 0 Å². The number of benzene rings is 2. The van der Waals surface area contributed by atoms with Crippen molar-refractivity contribution in [2.45, 2.75) is 18.4 Å².